The van der Waals surface area contributed by atoms with Crippen LogP contribution in [0.3, 0.4) is 0 Å². The molecule has 2 heterocycles. The van der Waals surface area contributed by atoms with Gasteiger partial charge in [-0.2, -0.15) is 0 Å². The van der Waals surface area contributed by atoms with Crippen molar-refractivity contribution in [2.24, 2.45) is 5.92 Å². The predicted octanol–water partition coefficient (Wildman–Crippen LogP) is 2.56. The summed E-state index contributed by atoms with van der Waals surface area (Å²) in [5, 5.41) is 12.8. The minimum atomic E-state index is -0.721. The van der Waals surface area contributed by atoms with Crippen LogP contribution >= 0.6 is 0 Å². The third kappa shape index (κ3) is 3.31. The van der Waals surface area contributed by atoms with Gasteiger partial charge < -0.3 is 9.63 Å². The number of hydrogen-bond acceptors (Lipinski definition) is 4. The van der Waals surface area contributed by atoms with Gasteiger partial charge >= 0.3 is 5.97 Å². The van der Waals surface area contributed by atoms with E-state index in [2.05, 4.69) is 29.1 Å². The van der Waals surface area contributed by atoms with Crippen molar-refractivity contribution in [3.63, 3.8) is 0 Å². The SMILES string of the molecule is Cc1ccc(-c2cc(CN3CC(CC(=O)O)C3)on2)cc1. The van der Waals surface area contributed by atoms with E-state index < -0.39 is 5.97 Å². The zero-order valence-electron chi connectivity index (χ0n) is 12.0. The van der Waals surface area contributed by atoms with Crippen molar-refractivity contribution in [3.05, 3.63) is 41.7 Å². The summed E-state index contributed by atoms with van der Waals surface area (Å²) in [6, 6.07) is 10.1. The van der Waals surface area contributed by atoms with Crippen LogP contribution in [0.15, 0.2) is 34.9 Å². The second-order valence-corrected chi connectivity index (χ2v) is 5.70. The molecule has 3 rings (SSSR count). The fourth-order valence-electron chi connectivity index (χ4n) is 2.65. The van der Waals surface area contributed by atoms with Crippen LogP contribution in [0.1, 0.15) is 17.7 Å². The van der Waals surface area contributed by atoms with E-state index in [1.807, 2.05) is 18.2 Å². The molecule has 1 N–H and O–H groups in total. The maximum atomic E-state index is 10.6. The summed E-state index contributed by atoms with van der Waals surface area (Å²) in [6.07, 6.45) is 0.252. The number of benzene rings is 1. The summed E-state index contributed by atoms with van der Waals surface area (Å²) in [4.78, 5) is 12.8. The van der Waals surface area contributed by atoms with Crippen molar-refractivity contribution in [3.8, 4) is 11.3 Å². The second-order valence-electron chi connectivity index (χ2n) is 5.70. The molecular formula is C16H18N2O3. The average Bonchev–Trinajstić information content (AvgIpc) is 2.85. The number of likely N-dealkylation sites (tertiary alicyclic amines) is 1. The van der Waals surface area contributed by atoms with Gasteiger partial charge in [-0.05, 0) is 12.8 Å². The van der Waals surface area contributed by atoms with Crippen molar-refractivity contribution in [2.75, 3.05) is 13.1 Å². The molecule has 1 fully saturated rings. The molecule has 5 heteroatoms. The smallest absolute Gasteiger partial charge is 0.303 e. The van der Waals surface area contributed by atoms with E-state index in [4.69, 9.17) is 9.63 Å². The number of carbonyl (C=O) groups is 1. The van der Waals surface area contributed by atoms with Crippen LogP contribution < -0.4 is 0 Å². The van der Waals surface area contributed by atoms with Crippen molar-refractivity contribution in [1.82, 2.24) is 10.1 Å². The molecule has 0 saturated carbocycles. The van der Waals surface area contributed by atoms with Gasteiger partial charge in [0.05, 0.1) is 13.0 Å². The number of nitrogens with zero attached hydrogens (tertiary/aromatic N) is 2. The lowest BCUT2D eigenvalue weighted by atomic mass is 9.96. The molecule has 1 aliphatic rings. The molecule has 0 spiro atoms. The molecule has 21 heavy (non-hydrogen) atoms. The lowest BCUT2D eigenvalue weighted by molar-refractivity contribution is -0.139. The molecule has 110 valence electrons. The van der Waals surface area contributed by atoms with E-state index in [-0.39, 0.29) is 12.3 Å². The van der Waals surface area contributed by atoms with Gasteiger partial charge in [0.1, 0.15) is 5.69 Å². The van der Waals surface area contributed by atoms with Gasteiger partial charge in [-0.3, -0.25) is 9.69 Å². The summed E-state index contributed by atoms with van der Waals surface area (Å²) >= 11 is 0. The van der Waals surface area contributed by atoms with Crippen LogP contribution in [-0.2, 0) is 11.3 Å². The van der Waals surface area contributed by atoms with E-state index in [1.54, 1.807) is 0 Å². The van der Waals surface area contributed by atoms with Crippen molar-refractivity contribution < 1.29 is 14.4 Å². The van der Waals surface area contributed by atoms with Gasteiger partial charge in [-0.15, -0.1) is 0 Å². The molecule has 0 aliphatic carbocycles. The molecule has 2 aromatic rings. The van der Waals surface area contributed by atoms with Gasteiger partial charge in [0.2, 0.25) is 0 Å². The van der Waals surface area contributed by atoms with Crippen molar-refractivity contribution in [1.29, 1.82) is 0 Å². The van der Waals surface area contributed by atoms with Gasteiger partial charge in [-0.25, -0.2) is 0 Å². The lowest BCUT2D eigenvalue weighted by Crippen LogP contribution is -2.46. The Morgan fingerprint density at radius 3 is 2.76 bits per heavy atom. The summed E-state index contributed by atoms with van der Waals surface area (Å²) in [7, 11) is 0. The number of carboxylic acid groups (broad SMARTS) is 1. The Morgan fingerprint density at radius 2 is 2.10 bits per heavy atom. The van der Waals surface area contributed by atoms with Gasteiger partial charge in [0, 0.05) is 24.7 Å². The van der Waals surface area contributed by atoms with Crippen LogP contribution in [-0.4, -0.2) is 34.2 Å². The number of aromatic nitrogens is 1. The highest BCUT2D eigenvalue weighted by molar-refractivity contribution is 5.67. The fourth-order valence-corrected chi connectivity index (χ4v) is 2.65. The zero-order chi connectivity index (χ0) is 14.8. The largest absolute Gasteiger partial charge is 0.481 e. The van der Waals surface area contributed by atoms with Crippen LogP contribution in [0.5, 0.6) is 0 Å². The Hall–Kier alpha value is -2.14. The van der Waals surface area contributed by atoms with E-state index in [0.717, 1.165) is 30.1 Å². The maximum absolute atomic E-state index is 10.6. The van der Waals surface area contributed by atoms with Crippen LogP contribution in [0, 0.1) is 12.8 Å². The predicted molar refractivity (Wildman–Crippen MR) is 77.7 cm³/mol. The van der Waals surface area contributed by atoms with E-state index >= 15 is 0 Å². The summed E-state index contributed by atoms with van der Waals surface area (Å²) < 4.78 is 5.36. The van der Waals surface area contributed by atoms with E-state index in [9.17, 15) is 4.79 Å². The third-order valence-electron chi connectivity index (χ3n) is 3.78. The van der Waals surface area contributed by atoms with Crippen LogP contribution in [0.2, 0.25) is 0 Å². The molecule has 0 unspecified atom stereocenters. The Kier molecular flexibility index (Phi) is 3.75. The number of rotatable bonds is 5. The third-order valence-corrected chi connectivity index (χ3v) is 3.78. The Labute approximate surface area is 123 Å². The zero-order valence-corrected chi connectivity index (χ0v) is 12.0. The highest BCUT2D eigenvalue weighted by Crippen LogP contribution is 2.24. The standard InChI is InChI=1S/C16H18N2O3/c1-11-2-4-13(5-3-11)15-7-14(21-17-15)10-18-8-12(9-18)6-16(19)20/h2-5,7,12H,6,8-10H2,1H3,(H,19,20). The lowest BCUT2D eigenvalue weighted by Gasteiger charge is -2.37. The van der Waals surface area contributed by atoms with Crippen molar-refractivity contribution in [2.45, 2.75) is 19.9 Å². The summed E-state index contributed by atoms with van der Waals surface area (Å²) in [6.45, 7) is 4.37. The van der Waals surface area contributed by atoms with Gasteiger partial charge in [0.25, 0.3) is 0 Å². The number of aryl methyl sites for hydroxylation is 1. The molecule has 0 atom stereocenters. The molecule has 1 aromatic carbocycles. The molecular weight excluding hydrogens is 268 g/mol. The monoisotopic (exact) mass is 286 g/mol. The first kappa shape index (κ1) is 13.8. The molecule has 0 radical (unpaired) electrons. The van der Waals surface area contributed by atoms with E-state index in [0.29, 0.717) is 6.54 Å². The number of hydrogen-bond donors (Lipinski definition) is 1. The average molecular weight is 286 g/mol. The Morgan fingerprint density at radius 1 is 1.38 bits per heavy atom. The molecule has 0 amide bonds. The number of carboxylic acids is 1. The normalized spacial score (nSPS) is 15.9. The Bertz CT molecular complexity index is 627. The maximum Gasteiger partial charge on any atom is 0.303 e. The number of aliphatic carboxylic acids is 1. The van der Waals surface area contributed by atoms with E-state index in [1.165, 1.54) is 5.56 Å². The topological polar surface area (TPSA) is 66.6 Å². The second kappa shape index (κ2) is 5.69. The quantitative estimate of drug-likeness (QED) is 0.915. The van der Waals surface area contributed by atoms with Gasteiger partial charge in [-0.1, -0.05) is 35.0 Å². The highest BCUT2D eigenvalue weighted by Gasteiger charge is 2.29. The van der Waals surface area contributed by atoms with Crippen LogP contribution in [0.4, 0.5) is 0 Å². The Balaban J connectivity index is 1.57. The highest BCUT2D eigenvalue weighted by atomic mass is 16.5. The first-order valence-corrected chi connectivity index (χ1v) is 7.07. The molecule has 1 aliphatic heterocycles. The fraction of sp³-hybridized carbons (Fsp3) is 0.375. The van der Waals surface area contributed by atoms with Crippen molar-refractivity contribution >= 4 is 5.97 Å². The van der Waals surface area contributed by atoms with Gasteiger partial charge in [0.15, 0.2) is 5.76 Å². The van der Waals surface area contributed by atoms with Crippen LogP contribution in [0.25, 0.3) is 11.3 Å². The summed E-state index contributed by atoms with van der Waals surface area (Å²) in [5.74, 6) is 0.363. The first-order valence-electron chi connectivity index (χ1n) is 7.07. The first-order chi connectivity index (χ1) is 10.1. The molecule has 1 aromatic heterocycles. The minimum Gasteiger partial charge on any atom is -0.481 e. The molecule has 1 saturated heterocycles. The molecule has 5 nitrogen and oxygen atoms in total. The molecule has 0 bridgehead atoms. The minimum absolute atomic E-state index is 0.252. The summed E-state index contributed by atoms with van der Waals surface area (Å²) in [5.41, 5.74) is 3.10.